The Morgan fingerprint density at radius 3 is 2.49 bits per heavy atom. The summed E-state index contributed by atoms with van der Waals surface area (Å²) in [6, 6.07) is 25.7. The molecule has 5 rings (SSSR count). The first-order valence-electron chi connectivity index (χ1n) is 11.4. The van der Waals surface area contributed by atoms with E-state index in [1.807, 2.05) is 54.6 Å². The Kier molecular flexibility index (Phi) is 6.77. The summed E-state index contributed by atoms with van der Waals surface area (Å²) in [6.45, 7) is 1.99. The van der Waals surface area contributed by atoms with Crippen molar-refractivity contribution in [1.29, 1.82) is 0 Å². The maximum absolute atomic E-state index is 14.3. The van der Waals surface area contributed by atoms with Gasteiger partial charge in [-0.2, -0.15) is 0 Å². The molecule has 1 amide bonds. The number of benzene rings is 3. The number of halogens is 1. The average Bonchev–Trinajstić information content (AvgIpc) is 3.54. The van der Waals surface area contributed by atoms with Crippen LogP contribution in [0.1, 0.15) is 33.0 Å². The van der Waals surface area contributed by atoms with Gasteiger partial charge in [0.05, 0.1) is 6.54 Å². The third-order valence-corrected chi connectivity index (χ3v) is 5.76. The van der Waals surface area contributed by atoms with Crippen LogP contribution in [-0.2, 0) is 26.2 Å². The highest BCUT2D eigenvalue weighted by Crippen LogP contribution is 2.32. The molecule has 0 aliphatic carbocycles. The largest absolute Gasteiger partial charge is 0.455 e. The molecule has 0 bridgehead atoms. The Morgan fingerprint density at radius 2 is 1.63 bits per heavy atom. The number of nitrogens with one attached hydrogen (secondary N) is 1. The lowest BCUT2D eigenvalue weighted by molar-refractivity contribution is 0.0918. The molecule has 178 valence electrons. The summed E-state index contributed by atoms with van der Waals surface area (Å²) in [5.41, 5.74) is 2.61. The van der Waals surface area contributed by atoms with Crippen LogP contribution in [0, 0.1) is 5.82 Å². The van der Waals surface area contributed by atoms with Gasteiger partial charge in [0.15, 0.2) is 17.3 Å². The summed E-state index contributed by atoms with van der Waals surface area (Å²) < 4.78 is 30.9. The maximum atomic E-state index is 14.3. The molecule has 0 saturated heterocycles. The number of carbonyl (C=O) groups excluding carboxylic acids is 1. The van der Waals surface area contributed by atoms with Crippen molar-refractivity contribution in [3.63, 3.8) is 0 Å². The standard InChI is InChI=1S/C28H25FN2O4/c29-24-9-5-4-8-22(24)17-31(16-20-6-2-1-3-7-20)18-23-11-13-26(35-23)28(32)30-15-21-10-12-25-27(14-21)34-19-33-25/h1-14H,15-19H2,(H,30,32). The molecule has 0 spiro atoms. The van der Waals surface area contributed by atoms with Crippen molar-refractivity contribution >= 4 is 5.91 Å². The van der Waals surface area contributed by atoms with Crippen LogP contribution in [0.25, 0.3) is 0 Å². The Bertz CT molecular complexity index is 1310. The zero-order chi connectivity index (χ0) is 24.0. The van der Waals surface area contributed by atoms with E-state index in [9.17, 15) is 9.18 Å². The fourth-order valence-electron chi connectivity index (χ4n) is 4.00. The first-order valence-corrected chi connectivity index (χ1v) is 11.4. The normalized spacial score (nSPS) is 12.2. The number of fused-ring (bicyclic) bond motifs is 1. The lowest BCUT2D eigenvalue weighted by Crippen LogP contribution is -2.23. The number of carbonyl (C=O) groups is 1. The molecule has 1 N–H and O–H groups in total. The third kappa shape index (κ3) is 5.70. The number of furan rings is 1. The molecular formula is C28H25FN2O4. The van der Waals surface area contributed by atoms with Gasteiger partial charge in [-0.25, -0.2) is 4.39 Å². The van der Waals surface area contributed by atoms with Crippen LogP contribution in [0.2, 0.25) is 0 Å². The summed E-state index contributed by atoms with van der Waals surface area (Å²) >= 11 is 0. The van der Waals surface area contributed by atoms with Gasteiger partial charge in [0.25, 0.3) is 5.91 Å². The highest BCUT2D eigenvalue weighted by atomic mass is 19.1. The zero-order valence-corrected chi connectivity index (χ0v) is 19.1. The minimum Gasteiger partial charge on any atom is -0.455 e. The summed E-state index contributed by atoms with van der Waals surface area (Å²) in [4.78, 5) is 14.7. The van der Waals surface area contributed by atoms with Crippen LogP contribution in [0.4, 0.5) is 4.39 Å². The topological polar surface area (TPSA) is 63.9 Å². The number of ether oxygens (including phenoxy) is 2. The SMILES string of the molecule is O=C(NCc1ccc2c(c1)OCO2)c1ccc(CN(Cc2ccccc2)Cc2ccccc2F)o1. The highest BCUT2D eigenvalue weighted by Gasteiger charge is 2.17. The fraction of sp³-hybridized carbons (Fsp3) is 0.179. The third-order valence-electron chi connectivity index (χ3n) is 5.76. The van der Waals surface area contributed by atoms with E-state index in [2.05, 4.69) is 10.2 Å². The molecule has 1 aromatic heterocycles. The molecule has 35 heavy (non-hydrogen) atoms. The Hall–Kier alpha value is -4.10. The molecular weight excluding hydrogens is 447 g/mol. The van der Waals surface area contributed by atoms with Gasteiger partial charge >= 0.3 is 0 Å². The molecule has 0 saturated carbocycles. The van der Waals surface area contributed by atoms with Gasteiger partial charge < -0.3 is 19.2 Å². The second kappa shape index (κ2) is 10.4. The van der Waals surface area contributed by atoms with E-state index in [1.54, 1.807) is 24.3 Å². The molecule has 0 unspecified atom stereocenters. The van der Waals surface area contributed by atoms with Gasteiger partial charge in [-0.15, -0.1) is 0 Å². The van der Waals surface area contributed by atoms with Crippen molar-refractivity contribution in [2.75, 3.05) is 6.79 Å². The number of amides is 1. The van der Waals surface area contributed by atoms with Crippen LogP contribution in [-0.4, -0.2) is 17.6 Å². The molecule has 2 heterocycles. The second-order valence-electron chi connectivity index (χ2n) is 8.36. The van der Waals surface area contributed by atoms with E-state index >= 15 is 0 Å². The summed E-state index contributed by atoms with van der Waals surface area (Å²) in [5, 5.41) is 2.87. The van der Waals surface area contributed by atoms with Crippen molar-refractivity contribution in [2.45, 2.75) is 26.2 Å². The Balaban J connectivity index is 1.24. The van der Waals surface area contributed by atoms with Gasteiger partial charge in [-0.1, -0.05) is 54.6 Å². The summed E-state index contributed by atoms with van der Waals surface area (Å²) in [6.07, 6.45) is 0. The molecule has 0 fully saturated rings. The molecule has 6 nitrogen and oxygen atoms in total. The molecule has 0 atom stereocenters. The highest BCUT2D eigenvalue weighted by molar-refractivity contribution is 5.91. The smallest absolute Gasteiger partial charge is 0.287 e. The monoisotopic (exact) mass is 472 g/mol. The van der Waals surface area contributed by atoms with Gasteiger partial charge in [0, 0.05) is 25.2 Å². The summed E-state index contributed by atoms with van der Waals surface area (Å²) in [7, 11) is 0. The van der Waals surface area contributed by atoms with Crippen LogP contribution in [0.5, 0.6) is 11.5 Å². The van der Waals surface area contributed by atoms with Crippen molar-refractivity contribution < 1.29 is 23.1 Å². The second-order valence-corrected chi connectivity index (χ2v) is 8.36. The van der Waals surface area contributed by atoms with E-state index in [1.165, 1.54) is 6.07 Å². The molecule has 1 aliphatic heterocycles. The fourth-order valence-corrected chi connectivity index (χ4v) is 4.00. The van der Waals surface area contributed by atoms with E-state index in [4.69, 9.17) is 13.9 Å². The molecule has 3 aromatic carbocycles. The van der Waals surface area contributed by atoms with Gasteiger partial charge in [0.2, 0.25) is 6.79 Å². The Morgan fingerprint density at radius 1 is 0.829 bits per heavy atom. The Labute approximate surface area is 202 Å². The van der Waals surface area contributed by atoms with Crippen molar-refractivity contribution in [1.82, 2.24) is 10.2 Å². The van der Waals surface area contributed by atoms with Gasteiger partial charge in [-0.05, 0) is 41.5 Å². The zero-order valence-electron chi connectivity index (χ0n) is 19.1. The number of hydrogen-bond donors (Lipinski definition) is 1. The van der Waals surface area contributed by atoms with Crippen LogP contribution in [0.15, 0.2) is 89.3 Å². The van der Waals surface area contributed by atoms with E-state index < -0.39 is 0 Å². The minimum absolute atomic E-state index is 0.207. The van der Waals surface area contributed by atoms with Gasteiger partial charge in [-0.3, -0.25) is 9.69 Å². The first kappa shape index (κ1) is 22.7. The minimum atomic E-state index is -0.308. The van der Waals surface area contributed by atoms with E-state index in [0.717, 1.165) is 11.1 Å². The molecule has 1 aliphatic rings. The lowest BCUT2D eigenvalue weighted by Gasteiger charge is -2.22. The van der Waals surface area contributed by atoms with Crippen LogP contribution < -0.4 is 14.8 Å². The predicted molar refractivity (Wildman–Crippen MR) is 128 cm³/mol. The molecule has 7 heteroatoms. The van der Waals surface area contributed by atoms with Crippen molar-refractivity contribution in [3.8, 4) is 11.5 Å². The number of nitrogens with zero attached hydrogens (tertiary/aromatic N) is 1. The quantitative estimate of drug-likeness (QED) is 0.359. The van der Waals surface area contributed by atoms with Crippen LogP contribution >= 0.6 is 0 Å². The maximum Gasteiger partial charge on any atom is 0.287 e. The number of hydrogen-bond acceptors (Lipinski definition) is 5. The van der Waals surface area contributed by atoms with Gasteiger partial charge in [0.1, 0.15) is 11.6 Å². The molecule has 0 radical (unpaired) electrons. The van der Waals surface area contributed by atoms with E-state index in [0.29, 0.717) is 49.0 Å². The average molecular weight is 473 g/mol. The van der Waals surface area contributed by atoms with Crippen molar-refractivity contribution in [2.24, 2.45) is 0 Å². The number of rotatable bonds is 9. The molecule has 4 aromatic rings. The first-order chi connectivity index (χ1) is 17.1. The predicted octanol–water partition coefficient (Wildman–Crippen LogP) is 5.28. The van der Waals surface area contributed by atoms with E-state index in [-0.39, 0.29) is 24.3 Å². The summed E-state index contributed by atoms with van der Waals surface area (Å²) in [5.74, 6) is 1.68. The lowest BCUT2D eigenvalue weighted by atomic mass is 10.1. The van der Waals surface area contributed by atoms with Crippen LogP contribution in [0.3, 0.4) is 0 Å². The van der Waals surface area contributed by atoms with Crippen molar-refractivity contribution in [3.05, 3.63) is 119 Å².